The van der Waals surface area contributed by atoms with Gasteiger partial charge in [-0.15, -0.1) is 0 Å². The Morgan fingerprint density at radius 3 is 2.67 bits per heavy atom. The Balaban J connectivity index is 1.74. The van der Waals surface area contributed by atoms with Crippen LogP contribution in [-0.4, -0.2) is 32.7 Å². The van der Waals surface area contributed by atoms with Gasteiger partial charge in [0.1, 0.15) is 12.4 Å². The number of rotatable bonds is 2. The van der Waals surface area contributed by atoms with Crippen LogP contribution in [0.3, 0.4) is 0 Å². The predicted molar refractivity (Wildman–Crippen MR) is 86.8 cm³/mol. The normalized spacial score (nSPS) is 20.1. The van der Waals surface area contributed by atoms with Crippen molar-refractivity contribution in [2.75, 3.05) is 19.9 Å². The lowest BCUT2D eigenvalue weighted by molar-refractivity contribution is 0.174. The molecule has 1 atom stereocenters. The Kier molecular flexibility index (Phi) is 3.62. The standard InChI is InChI=1S/C17H17NO5S/c1-12-14-4-2-3-5-15(14)21-9-8-18(12)24(19,20)13-6-7-16-17(10-13)23-11-22-16/h2-7,10,12H,8-9,11H2,1H3. The van der Waals surface area contributed by atoms with Gasteiger partial charge in [0.25, 0.3) is 0 Å². The van der Waals surface area contributed by atoms with E-state index in [1.165, 1.54) is 10.4 Å². The molecule has 7 heteroatoms. The molecule has 6 nitrogen and oxygen atoms in total. The lowest BCUT2D eigenvalue weighted by atomic mass is 10.1. The molecule has 126 valence electrons. The number of hydrogen-bond acceptors (Lipinski definition) is 5. The van der Waals surface area contributed by atoms with E-state index >= 15 is 0 Å². The number of fused-ring (bicyclic) bond motifs is 2. The van der Waals surface area contributed by atoms with Gasteiger partial charge in [0.15, 0.2) is 11.5 Å². The fourth-order valence-corrected chi connectivity index (χ4v) is 4.66. The molecule has 2 aliphatic heterocycles. The van der Waals surface area contributed by atoms with E-state index in [2.05, 4.69) is 0 Å². The lowest BCUT2D eigenvalue weighted by Gasteiger charge is -2.26. The van der Waals surface area contributed by atoms with E-state index in [9.17, 15) is 8.42 Å². The fourth-order valence-electron chi connectivity index (χ4n) is 3.05. The van der Waals surface area contributed by atoms with Crippen molar-refractivity contribution in [1.82, 2.24) is 4.31 Å². The smallest absolute Gasteiger partial charge is 0.243 e. The molecule has 0 fully saturated rings. The van der Waals surface area contributed by atoms with Crippen molar-refractivity contribution in [3.8, 4) is 17.2 Å². The van der Waals surface area contributed by atoms with Crippen molar-refractivity contribution in [1.29, 1.82) is 0 Å². The van der Waals surface area contributed by atoms with Gasteiger partial charge in [0.2, 0.25) is 16.8 Å². The average Bonchev–Trinajstić information content (AvgIpc) is 2.99. The minimum Gasteiger partial charge on any atom is -0.492 e. The number of sulfonamides is 1. The Hall–Kier alpha value is -2.25. The minimum atomic E-state index is -3.68. The van der Waals surface area contributed by atoms with Crippen LogP contribution in [0.25, 0.3) is 0 Å². The summed E-state index contributed by atoms with van der Waals surface area (Å²) in [5.74, 6) is 1.75. The summed E-state index contributed by atoms with van der Waals surface area (Å²) in [6, 6.07) is 11.9. The highest BCUT2D eigenvalue weighted by molar-refractivity contribution is 7.89. The summed E-state index contributed by atoms with van der Waals surface area (Å²) in [5, 5.41) is 0. The van der Waals surface area contributed by atoms with Crippen LogP contribution in [0.4, 0.5) is 0 Å². The van der Waals surface area contributed by atoms with Crippen molar-refractivity contribution in [2.24, 2.45) is 0 Å². The van der Waals surface area contributed by atoms with Crippen molar-refractivity contribution in [3.63, 3.8) is 0 Å². The number of benzene rings is 2. The largest absolute Gasteiger partial charge is 0.492 e. The highest BCUT2D eigenvalue weighted by Gasteiger charge is 2.34. The van der Waals surface area contributed by atoms with Crippen LogP contribution in [0.1, 0.15) is 18.5 Å². The third kappa shape index (κ3) is 2.40. The number of para-hydroxylation sites is 1. The number of ether oxygens (including phenoxy) is 3. The SMILES string of the molecule is CC1c2ccccc2OCCN1S(=O)(=O)c1ccc2c(c1)OCO2. The van der Waals surface area contributed by atoms with E-state index in [0.29, 0.717) is 18.1 Å². The van der Waals surface area contributed by atoms with Crippen LogP contribution in [0.2, 0.25) is 0 Å². The summed E-state index contributed by atoms with van der Waals surface area (Å²) in [5.41, 5.74) is 0.860. The van der Waals surface area contributed by atoms with Crippen LogP contribution >= 0.6 is 0 Å². The second kappa shape index (κ2) is 5.68. The van der Waals surface area contributed by atoms with Crippen molar-refractivity contribution >= 4 is 10.0 Å². The van der Waals surface area contributed by atoms with E-state index in [1.54, 1.807) is 12.1 Å². The third-order valence-electron chi connectivity index (χ3n) is 4.32. The Morgan fingerprint density at radius 1 is 1.00 bits per heavy atom. The topological polar surface area (TPSA) is 65.1 Å². The summed E-state index contributed by atoms with van der Waals surface area (Å²) in [4.78, 5) is 0.193. The lowest BCUT2D eigenvalue weighted by Crippen LogP contribution is -2.35. The molecule has 0 spiro atoms. The van der Waals surface area contributed by atoms with E-state index < -0.39 is 10.0 Å². The molecule has 1 unspecified atom stereocenters. The van der Waals surface area contributed by atoms with Crippen LogP contribution < -0.4 is 14.2 Å². The second-order valence-electron chi connectivity index (χ2n) is 5.69. The van der Waals surface area contributed by atoms with Gasteiger partial charge in [-0.05, 0) is 25.1 Å². The molecule has 0 saturated heterocycles. The van der Waals surface area contributed by atoms with Gasteiger partial charge < -0.3 is 14.2 Å². The first-order valence-corrected chi connectivity index (χ1v) is 9.14. The Morgan fingerprint density at radius 2 is 1.79 bits per heavy atom. The third-order valence-corrected chi connectivity index (χ3v) is 6.29. The monoisotopic (exact) mass is 347 g/mol. The molecule has 0 radical (unpaired) electrons. The van der Waals surface area contributed by atoms with Crippen LogP contribution in [0.15, 0.2) is 47.4 Å². The molecule has 0 bridgehead atoms. The molecule has 24 heavy (non-hydrogen) atoms. The van der Waals surface area contributed by atoms with Gasteiger partial charge in [-0.2, -0.15) is 4.31 Å². The fraction of sp³-hybridized carbons (Fsp3) is 0.294. The zero-order valence-corrected chi connectivity index (χ0v) is 14.0. The number of nitrogens with zero attached hydrogens (tertiary/aromatic N) is 1. The van der Waals surface area contributed by atoms with E-state index in [4.69, 9.17) is 14.2 Å². The highest BCUT2D eigenvalue weighted by atomic mass is 32.2. The molecule has 2 aromatic rings. The summed E-state index contributed by atoms with van der Waals surface area (Å²) < 4.78 is 44.0. The molecule has 0 aromatic heterocycles. The van der Waals surface area contributed by atoms with Crippen molar-refractivity contribution in [2.45, 2.75) is 17.9 Å². The van der Waals surface area contributed by atoms with E-state index in [0.717, 1.165) is 11.3 Å². The highest BCUT2D eigenvalue weighted by Crippen LogP contribution is 2.38. The second-order valence-corrected chi connectivity index (χ2v) is 7.58. The van der Waals surface area contributed by atoms with Crippen LogP contribution in [-0.2, 0) is 10.0 Å². The number of hydrogen-bond donors (Lipinski definition) is 0. The van der Waals surface area contributed by atoms with Gasteiger partial charge in [0.05, 0.1) is 10.9 Å². The maximum Gasteiger partial charge on any atom is 0.243 e. The van der Waals surface area contributed by atoms with E-state index in [1.807, 2.05) is 31.2 Å². The average molecular weight is 347 g/mol. The molecular weight excluding hydrogens is 330 g/mol. The van der Waals surface area contributed by atoms with Gasteiger partial charge in [0, 0.05) is 18.2 Å². The first-order valence-electron chi connectivity index (χ1n) is 7.70. The minimum absolute atomic E-state index is 0.111. The zero-order chi connectivity index (χ0) is 16.7. The first kappa shape index (κ1) is 15.3. The molecular formula is C17H17NO5S. The van der Waals surface area contributed by atoms with E-state index in [-0.39, 0.29) is 24.3 Å². The molecule has 0 aliphatic carbocycles. The maximum atomic E-state index is 13.1. The van der Waals surface area contributed by atoms with Crippen LogP contribution in [0.5, 0.6) is 17.2 Å². The van der Waals surface area contributed by atoms with Gasteiger partial charge in [-0.3, -0.25) is 0 Å². The van der Waals surface area contributed by atoms with Crippen molar-refractivity contribution in [3.05, 3.63) is 48.0 Å². The summed E-state index contributed by atoms with van der Waals surface area (Å²) in [6.45, 7) is 2.58. The van der Waals surface area contributed by atoms with Gasteiger partial charge in [-0.1, -0.05) is 18.2 Å². The molecule has 2 aromatic carbocycles. The van der Waals surface area contributed by atoms with Crippen molar-refractivity contribution < 1.29 is 22.6 Å². The molecule has 2 aliphatic rings. The summed E-state index contributed by atoms with van der Waals surface area (Å²) >= 11 is 0. The first-order chi connectivity index (χ1) is 11.6. The Bertz CT molecular complexity index is 880. The molecule has 0 saturated carbocycles. The predicted octanol–water partition coefficient (Wildman–Crippen LogP) is 2.56. The quantitative estimate of drug-likeness (QED) is 0.835. The molecule has 0 N–H and O–H groups in total. The van der Waals surface area contributed by atoms with Gasteiger partial charge in [-0.25, -0.2) is 8.42 Å². The maximum absolute atomic E-state index is 13.1. The summed E-state index contributed by atoms with van der Waals surface area (Å²) in [7, 11) is -3.68. The summed E-state index contributed by atoms with van der Waals surface area (Å²) in [6.07, 6.45) is 0. The van der Waals surface area contributed by atoms with Gasteiger partial charge >= 0.3 is 0 Å². The molecule has 2 heterocycles. The van der Waals surface area contributed by atoms with Crippen LogP contribution in [0, 0.1) is 0 Å². The Labute approximate surface area is 140 Å². The molecule has 4 rings (SSSR count). The zero-order valence-electron chi connectivity index (χ0n) is 13.1. The molecule has 0 amide bonds.